The molecule has 4 nitrogen and oxygen atoms in total. The molecule has 9 heteroatoms. The zero-order chi connectivity index (χ0) is 18.0. The number of ether oxygens (including phenoxy) is 1. The standard InChI is InChI=1S/C16H19ClF3N3OS/c1-10-4-2-3-5-13(10)24-6-7-25-15-22-21-14-12(17)8-11(9-23(14)15)16(18,19)20/h8-10,13H,2-7H2,1H3. The van der Waals surface area contributed by atoms with Crippen molar-refractivity contribution in [3.05, 3.63) is 22.8 Å². The van der Waals surface area contributed by atoms with Crippen molar-refractivity contribution in [2.45, 2.75) is 50.0 Å². The molecule has 2 aromatic heterocycles. The van der Waals surface area contributed by atoms with Crippen molar-refractivity contribution in [3.8, 4) is 0 Å². The number of nitrogens with zero attached hydrogens (tertiary/aromatic N) is 3. The number of hydrogen-bond acceptors (Lipinski definition) is 4. The molecule has 3 rings (SSSR count). The summed E-state index contributed by atoms with van der Waals surface area (Å²) in [5.41, 5.74) is -0.599. The van der Waals surface area contributed by atoms with Gasteiger partial charge in [0, 0.05) is 11.9 Å². The Labute approximate surface area is 153 Å². The molecule has 0 bridgehead atoms. The summed E-state index contributed by atoms with van der Waals surface area (Å²) in [4.78, 5) is 0. The van der Waals surface area contributed by atoms with E-state index in [1.54, 1.807) is 0 Å². The fourth-order valence-corrected chi connectivity index (χ4v) is 4.03. The molecular formula is C16H19ClF3N3OS. The first-order valence-corrected chi connectivity index (χ1v) is 9.58. The van der Waals surface area contributed by atoms with Crippen LogP contribution in [0.1, 0.15) is 38.2 Å². The Morgan fingerprint density at radius 2 is 2.08 bits per heavy atom. The van der Waals surface area contributed by atoms with Gasteiger partial charge in [0.25, 0.3) is 0 Å². The minimum atomic E-state index is -4.47. The zero-order valence-corrected chi connectivity index (χ0v) is 15.3. The van der Waals surface area contributed by atoms with Gasteiger partial charge in [0.05, 0.1) is 23.3 Å². The van der Waals surface area contributed by atoms with Gasteiger partial charge in [-0.25, -0.2) is 0 Å². The van der Waals surface area contributed by atoms with Gasteiger partial charge < -0.3 is 4.74 Å². The molecule has 0 saturated heterocycles. The summed E-state index contributed by atoms with van der Waals surface area (Å²) in [6.07, 6.45) is 1.49. The van der Waals surface area contributed by atoms with E-state index >= 15 is 0 Å². The highest BCUT2D eigenvalue weighted by molar-refractivity contribution is 7.99. The highest BCUT2D eigenvalue weighted by atomic mass is 35.5. The van der Waals surface area contributed by atoms with Crippen molar-refractivity contribution in [3.63, 3.8) is 0 Å². The lowest BCUT2D eigenvalue weighted by molar-refractivity contribution is -0.137. The van der Waals surface area contributed by atoms with Crippen LogP contribution in [0.5, 0.6) is 0 Å². The van der Waals surface area contributed by atoms with Crippen LogP contribution in [0.3, 0.4) is 0 Å². The monoisotopic (exact) mass is 393 g/mol. The molecule has 0 spiro atoms. The lowest BCUT2D eigenvalue weighted by Gasteiger charge is -2.28. The first-order chi connectivity index (χ1) is 11.9. The van der Waals surface area contributed by atoms with Gasteiger partial charge in [-0.3, -0.25) is 4.40 Å². The Balaban J connectivity index is 1.64. The van der Waals surface area contributed by atoms with Crippen LogP contribution in [-0.4, -0.2) is 33.1 Å². The van der Waals surface area contributed by atoms with Crippen molar-refractivity contribution in [2.75, 3.05) is 12.4 Å². The summed E-state index contributed by atoms with van der Waals surface area (Å²) in [6.45, 7) is 2.73. The van der Waals surface area contributed by atoms with Crippen LogP contribution in [0.15, 0.2) is 17.4 Å². The van der Waals surface area contributed by atoms with E-state index in [-0.39, 0.29) is 16.8 Å². The Kier molecular flexibility index (Phi) is 5.80. The topological polar surface area (TPSA) is 39.4 Å². The van der Waals surface area contributed by atoms with E-state index in [2.05, 4.69) is 17.1 Å². The fourth-order valence-electron chi connectivity index (χ4n) is 3.05. The number of alkyl halides is 3. The van der Waals surface area contributed by atoms with Crippen LogP contribution in [0, 0.1) is 5.92 Å². The maximum atomic E-state index is 12.9. The number of aromatic nitrogens is 3. The maximum Gasteiger partial charge on any atom is 0.417 e. The van der Waals surface area contributed by atoms with E-state index in [0.717, 1.165) is 18.7 Å². The van der Waals surface area contributed by atoms with Gasteiger partial charge >= 0.3 is 6.18 Å². The molecule has 1 aliphatic carbocycles. The minimum Gasteiger partial charge on any atom is -0.377 e. The van der Waals surface area contributed by atoms with E-state index in [0.29, 0.717) is 23.4 Å². The third kappa shape index (κ3) is 4.41. The number of rotatable bonds is 5. The summed E-state index contributed by atoms with van der Waals surface area (Å²) in [5, 5.41) is 8.13. The molecule has 0 aliphatic heterocycles. The Morgan fingerprint density at radius 3 is 2.80 bits per heavy atom. The fraction of sp³-hybridized carbons (Fsp3) is 0.625. The van der Waals surface area contributed by atoms with E-state index in [1.165, 1.54) is 35.4 Å². The second-order valence-corrected chi connectivity index (χ2v) is 7.74. The van der Waals surface area contributed by atoms with Crippen LogP contribution < -0.4 is 0 Å². The second-order valence-electron chi connectivity index (χ2n) is 6.27. The molecule has 0 amide bonds. The predicted octanol–water partition coefficient (Wildman–Crippen LogP) is 5.09. The number of hydrogen-bond donors (Lipinski definition) is 0. The molecular weight excluding hydrogens is 375 g/mol. The summed E-state index contributed by atoms with van der Waals surface area (Å²) >= 11 is 7.22. The molecule has 1 saturated carbocycles. The van der Waals surface area contributed by atoms with Crippen molar-refractivity contribution < 1.29 is 17.9 Å². The van der Waals surface area contributed by atoms with Crippen molar-refractivity contribution in [1.82, 2.24) is 14.6 Å². The van der Waals surface area contributed by atoms with E-state index < -0.39 is 11.7 Å². The smallest absolute Gasteiger partial charge is 0.377 e. The maximum absolute atomic E-state index is 12.9. The normalized spacial score (nSPS) is 21.8. The molecule has 1 aliphatic rings. The quantitative estimate of drug-likeness (QED) is 0.524. The molecule has 1 fully saturated rings. The lowest BCUT2D eigenvalue weighted by atomic mass is 9.88. The molecule has 2 unspecified atom stereocenters. The van der Waals surface area contributed by atoms with Crippen LogP contribution in [0.4, 0.5) is 13.2 Å². The van der Waals surface area contributed by atoms with Gasteiger partial charge in [0.2, 0.25) is 0 Å². The predicted molar refractivity (Wildman–Crippen MR) is 91.1 cm³/mol. The second kappa shape index (κ2) is 7.72. The van der Waals surface area contributed by atoms with Crippen LogP contribution >= 0.6 is 23.4 Å². The average Bonchev–Trinajstić information content (AvgIpc) is 2.96. The highest BCUT2D eigenvalue weighted by Crippen LogP contribution is 2.33. The number of fused-ring (bicyclic) bond motifs is 1. The Hall–Kier alpha value is -0.990. The largest absolute Gasteiger partial charge is 0.417 e. The summed E-state index contributed by atoms with van der Waals surface area (Å²) < 4.78 is 46.0. The summed E-state index contributed by atoms with van der Waals surface area (Å²) in [5.74, 6) is 1.15. The zero-order valence-electron chi connectivity index (χ0n) is 13.7. The number of halogens is 4. The molecule has 0 N–H and O–H groups in total. The van der Waals surface area contributed by atoms with Gasteiger partial charge in [-0.1, -0.05) is 43.1 Å². The third-order valence-electron chi connectivity index (χ3n) is 4.44. The molecule has 2 atom stereocenters. The molecule has 0 radical (unpaired) electrons. The Bertz CT molecular complexity index is 737. The Morgan fingerprint density at radius 1 is 1.32 bits per heavy atom. The van der Waals surface area contributed by atoms with E-state index in [4.69, 9.17) is 16.3 Å². The highest BCUT2D eigenvalue weighted by Gasteiger charge is 2.32. The van der Waals surface area contributed by atoms with Crippen molar-refractivity contribution in [2.24, 2.45) is 5.92 Å². The van der Waals surface area contributed by atoms with E-state index in [9.17, 15) is 13.2 Å². The van der Waals surface area contributed by atoms with Crippen molar-refractivity contribution >= 4 is 29.0 Å². The van der Waals surface area contributed by atoms with Crippen molar-refractivity contribution in [1.29, 1.82) is 0 Å². The van der Waals surface area contributed by atoms with Crippen LogP contribution in [0.2, 0.25) is 5.02 Å². The SMILES string of the molecule is CC1CCCCC1OCCSc1nnc2c(Cl)cc(C(F)(F)F)cn12. The molecule has 25 heavy (non-hydrogen) atoms. The third-order valence-corrected chi connectivity index (χ3v) is 5.62. The van der Waals surface area contributed by atoms with Gasteiger partial charge in [0.15, 0.2) is 10.8 Å². The minimum absolute atomic E-state index is 0.0681. The average molecular weight is 394 g/mol. The molecule has 2 aromatic rings. The van der Waals surface area contributed by atoms with Crippen LogP contribution in [-0.2, 0) is 10.9 Å². The molecule has 138 valence electrons. The molecule has 0 aromatic carbocycles. The van der Waals surface area contributed by atoms with E-state index in [1.807, 2.05) is 0 Å². The lowest BCUT2D eigenvalue weighted by Crippen LogP contribution is -2.26. The first-order valence-electron chi connectivity index (χ1n) is 8.22. The first kappa shape index (κ1) is 18.8. The summed E-state index contributed by atoms with van der Waals surface area (Å²) in [6, 6.07) is 0.869. The number of thioether (sulfide) groups is 1. The van der Waals surface area contributed by atoms with Gasteiger partial charge in [-0.05, 0) is 24.8 Å². The summed E-state index contributed by atoms with van der Waals surface area (Å²) in [7, 11) is 0. The van der Waals surface area contributed by atoms with Gasteiger partial charge in [-0.15, -0.1) is 10.2 Å². The van der Waals surface area contributed by atoms with Crippen LogP contribution in [0.25, 0.3) is 5.65 Å². The number of pyridine rings is 1. The van der Waals surface area contributed by atoms with Gasteiger partial charge in [0.1, 0.15) is 0 Å². The molecule has 2 heterocycles. The van der Waals surface area contributed by atoms with Gasteiger partial charge in [-0.2, -0.15) is 13.2 Å².